The smallest absolute Gasteiger partial charge is 0.444 e. The van der Waals surface area contributed by atoms with Gasteiger partial charge in [-0.2, -0.15) is 0 Å². The maximum Gasteiger partial charge on any atom is 0.475 e. The van der Waals surface area contributed by atoms with Crippen LogP contribution < -0.4 is 10.6 Å². The lowest BCUT2D eigenvalue weighted by atomic mass is 9.76. The van der Waals surface area contributed by atoms with Gasteiger partial charge in [-0.15, -0.1) is 0 Å². The van der Waals surface area contributed by atoms with Crippen LogP contribution in [0.5, 0.6) is 0 Å². The summed E-state index contributed by atoms with van der Waals surface area (Å²) in [6.07, 6.45) is 6.16. The van der Waals surface area contributed by atoms with Gasteiger partial charge in [0.05, 0.1) is 18.5 Å². The summed E-state index contributed by atoms with van der Waals surface area (Å²) in [7, 11) is -1.75. The predicted octanol–water partition coefficient (Wildman–Crippen LogP) is 3.43. The van der Waals surface area contributed by atoms with Crippen LogP contribution in [0, 0.1) is 5.82 Å². The average molecular weight is 623 g/mol. The van der Waals surface area contributed by atoms with Crippen LogP contribution in [0.2, 0.25) is 0 Å². The Bertz CT molecular complexity index is 1310. The number of halogens is 1. The van der Waals surface area contributed by atoms with Crippen LogP contribution in [0.25, 0.3) is 0 Å². The number of amides is 3. The van der Waals surface area contributed by atoms with Crippen LogP contribution in [0.3, 0.4) is 0 Å². The summed E-state index contributed by atoms with van der Waals surface area (Å²) >= 11 is 0. The molecule has 3 aliphatic heterocycles. The normalized spacial score (nSPS) is 25.0. The lowest BCUT2D eigenvalue weighted by Crippen LogP contribution is -2.56. The van der Waals surface area contributed by atoms with Gasteiger partial charge in [-0.1, -0.05) is 87.4 Å². The predicted molar refractivity (Wildman–Crippen MR) is 167 cm³/mol. The van der Waals surface area contributed by atoms with E-state index in [1.807, 2.05) is 24.3 Å². The topological polar surface area (TPSA) is 131 Å². The molecule has 3 heterocycles. The highest BCUT2D eigenvalue weighted by Gasteiger charge is 2.44. The van der Waals surface area contributed by atoms with E-state index in [-0.39, 0.29) is 31.2 Å². The number of hydrogen-bond donors (Lipinski definition) is 4. The SMILES string of the molecule is O=C1N[C@@H](B(O)O)CCCCCCCCCC(NCc2ccccc2F)C(=O)N2C[C@H](OC(=O)N3Cc4ccccc4C3)C[C@@H]12. The molecule has 2 aromatic carbocycles. The number of hydrogen-bond acceptors (Lipinski definition) is 7. The van der Waals surface area contributed by atoms with Crippen LogP contribution >= 0.6 is 0 Å². The van der Waals surface area contributed by atoms with E-state index < -0.39 is 43.2 Å². The molecule has 0 saturated carbocycles. The van der Waals surface area contributed by atoms with Crippen molar-refractivity contribution in [1.29, 1.82) is 0 Å². The minimum atomic E-state index is -1.75. The van der Waals surface area contributed by atoms with Gasteiger partial charge in [0.25, 0.3) is 0 Å². The fourth-order valence-electron chi connectivity index (χ4n) is 6.61. The summed E-state index contributed by atoms with van der Waals surface area (Å²) in [6, 6.07) is 12.5. The van der Waals surface area contributed by atoms with Gasteiger partial charge in [0, 0.05) is 31.6 Å². The molecule has 2 fully saturated rings. The monoisotopic (exact) mass is 622 g/mol. The first-order chi connectivity index (χ1) is 21.8. The Morgan fingerprint density at radius 3 is 2.22 bits per heavy atom. The molecule has 5 rings (SSSR count). The van der Waals surface area contributed by atoms with Crippen LogP contribution in [-0.2, 0) is 34.0 Å². The van der Waals surface area contributed by atoms with Gasteiger partial charge in [0.1, 0.15) is 18.0 Å². The van der Waals surface area contributed by atoms with E-state index >= 15 is 0 Å². The molecule has 2 saturated heterocycles. The highest BCUT2D eigenvalue weighted by molar-refractivity contribution is 6.43. The molecule has 0 spiro atoms. The van der Waals surface area contributed by atoms with Crippen molar-refractivity contribution in [2.45, 2.75) is 108 Å². The molecule has 45 heavy (non-hydrogen) atoms. The minimum absolute atomic E-state index is 0.0215. The van der Waals surface area contributed by atoms with Gasteiger partial charge < -0.3 is 30.3 Å². The third kappa shape index (κ3) is 8.62. The molecule has 3 amide bonds. The molecule has 10 nitrogen and oxygen atoms in total. The highest BCUT2D eigenvalue weighted by Crippen LogP contribution is 2.27. The molecular weight excluding hydrogens is 578 g/mol. The highest BCUT2D eigenvalue weighted by atomic mass is 19.1. The van der Waals surface area contributed by atoms with Crippen molar-refractivity contribution in [1.82, 2.24) is 20.4 Å². The van der Waals surface area contributed by atoms with Gasteiger partial charge in [0.2, 0.25) is 11.8 Å². The number of carbonyl (C=O) groups excluding carboxylic acids is 3. The Morgan fingerprint density at radius 1 is 0.933 bits per heavy atom. The number of fused-ring (bicyclic) bond motifs is 2. The van der Waals surface area contributed by atoms with Gasteiger partial charge in [-0.25, -0.2) is 9.18 Å². The Balaban J connectivity index is 1.34. The molecule has 4 N–H and O–H groups in total. The van der Waals surface area contributed by atoms with Gasteiger partial charge in [-0.3, -0.25) is 14.5 Å². The van der Waals surface area contributed by atoms with Crippen molar-refractivity contribution in [3.8, 4) is 0 Å². The zero-order valence-electron chi connectivity index (χ0n) is 25.7. The average Bonchev–Trinajstić information content (AvgIpc) is 3.66. The second-order valence-corrected chi connectivity index (χ2v) is 12.5. The molecule has 1 unspecified atom stereocenters. The summed E-state index contributed by atoms with van der Waals surface area (Å²) in [6.45, 7) is 1.01. The van der Waals surface area contributed by atoms with E-state index in [0.29, 0.717) is 31.5 Å². The van der Waals surface area contributed by atoms with Crippen LogP contribution in [-0.4, -0.2) is 75.5 Å². The van der Waals surface area contributed by atoms with Crippen molar-refractivity contribution in [3.05, 3.63) is 71.0 Å². The Morgan fingerprint density at radius 2 is 1.56 bits per heavy atom. The zero-order chi connectivity index (χ0) is 31.8. The Hall–Kier alpha value is -3.48. The number of rotatable bonds is 5. The van der Waals surface area contributed by atoms with E-state index in [0.717, 1.165) is 56.1 Å². The molecule has 0 aliphatic carbocycles. The van der Waals surface area contributed by atoms with Gasteiger partial charge in [-0.05, 0) is 30.0 Å². The molecule has 4 atom stereocenters. The molecule has 242 valence electrons. The quantitative estimate of drug-likeness (QED) is 0.376. The van der Waals surface area contributed by atoms with Crippen molar-refractivity contribution >= 4 is 25.0 Å². The Kier molecular flexibility index (Phi) is 11.5. The lowest BCUT2D eigenvalue weighted by molar-refractivity contribution is -0.140. The van der Waals surface area contributed by atoms with Crippen molar-refractivity contribution in [2.75, 3.05) is 6.54 Å². The van der Waals surface area contributed by atoms with E-state index in [1.165, 1.54) is 11.0 Å². The molecule has 2 aromatic rings. The summed E-state index contributed by atoms with van der Waals surface area (Å²) in [5.41, 5.74) is 2.54. The number of carbonyl (C=O) groups is 3. The fraction of sp³-hybridized carbons (Fsp3) is 0.545. The summed E-state index contributed by atoms with van der Waals surface area (Å²) in [5.74, 6) is -2.10. The van der Waals surface area contributed by atoms with Crippen molar-refractivity contribution in [2.24, 2.45) is 0 Å². The minimum Gasteiger partial charge on any atom is -0.444 e. The first kappa shape index (κ1) is 32.9. The molecular formula is C33H44BFN4O6. The fourth-order valence-corrected chi connectivity index (χ4v) is 6.61. The number of benzene rings is 2. The maximum absolute atomic E-state index is 14.4. The number of ether oxygens (including phenoxy) is 1. The van der Waals surface area contributed by atoms with E-state index in [1.54, 1.807) is 23.1 Å². The van der Waals surface area contributed by atoms with E-state index in [9.17, 15) is 28.8 Å². The first-order valence-electron chi connectivity index (χ1n) is 16.3. The van der Waals surface area contributed by atoms with Crippen LogP contribution in [0.15, 0.2) is 48.5 Å². The molecule has 0 bridgehead atoms. The molecule has 0 radical (unpaired) electrons. The molecule has 3 aliphatic rings. The van der Waals surface area contributed by atoms with Crippen molar-refractivity contribution < 1.29 is 33.6 Å². The van der Waals surface area contributed by atoms with Crippen molar-refractivity contribution in [3.63, 3.8) is 0 Å². The largest absolute Gasteiger partial charge is 0.475 e. The second-order valence-electron chi connectivity index (χ2n) is 12.5. The third-order valence-electron chi connectivity index (χ3n) is 9.21. The van der Waals surface area contributed by atoms with Gasteiger partial charge >= 0.3 is 13.2 Å². The number of nitrogens with zero attached hydrogens (tertiary/aromatic N) is 2. The first-order valence-corrected chi connectivity index (χ1v) is 16.3. The molecule has 12 heteroatoms. The van der Waals surface area contributed by atoms with E-state index in [4.69, 9.17) is 4.74 Å². The maximum atomic E-state index is 14.4. The summed E-state index contributed by atoms with van der Waals surface area (Å²) in [5, 5.41) is 26.1. The molecule has 0 aromatic heterocycles. The summed E-state index contributed by atoms with van der Waals surface area (Å²) < 4.78 is 20.3. The second kappa shape index (κ2) is 15.7. The zero-order valence-corrected chi connectivity index (χ0v) is 25.7. The van der Waals surface area contributed by atoms with Crippen LogP contribution in [0.4, 0.5) is 9.18 Å². The number of nitrogens with one attached hydrogen (secondary N) is 2. The standard InChI is InChI=1S/C33H44BFN4O6/c35-27-15-11-10-12-23(27)19-36-28-16-6-4-2-1-3-5-7-17-30(34(43)44)37-31(40)29-18-26(22-39(29)32(28)41)45-33(42)38-20-24-13-8-9-14-25(24)21-38/h8-15,26,28-30,36,43-44H,1-7,16-22H2,(H,37,40)/t26-,28?,29+,30-/m1/s1. The van der Waals surface area contributed by atoms with Gasteiger partial charge in [0.15, 0.2) is 0 Å². The Labute approximate surface area is 264 Å². The van der Waals surface area contributed by atoms with E-state index in [2.05, 4.69) is 10.6 Å². The third-order valence-corrected chi connectivity index (χ3v) is 9.21. The van der Waals surface area contributed by atoms with Crippen LogP contribution in [0.1, 0.15) is 80.9 Å². The lowest BCUT2D eigenvalue weighted by Gasteiger charge is -2.30. The summed E-state index contributed by atoms with van der Waals surface area (Å²) in [4.78, 5) is 44.1.